The Labute approximate surface area is 125 Å². The average Bonchev–Trinajstić information content (AvgIpc) is 2.74. The highest BCUT2D eigenvalue weighted by Gasteiger charge is 2.17. The number of carbonyl (C=O) groups is 1. The summed E-state index contributed by atoms with van der Waals surface area (Å²) >= 11 is 0. The number of amides is 1. The summed E-state index contributed by atoms with van der Waals surface area (Å²) in [6.07, 6.45) is 4.39. The molecule has 2 N–H and O–H groups in total. The minimum atomic E-state index is -0.478. The molecule has 5 heteroatoms. The molecule has 1 aliphatic heterocycles. The number of benzene rings is 1. The smallest absolute Gasteiger partial charge is 0.260 e. The Kier molecular flexibility index (Phi) is 5.56. The van der Waals surface area contributed by atoms with Crippen LogP contribution in [0.2, 0.25) is 0 Å². The van der Waals surface area contributed by atoms with Crippen LogP contribution in [0.1, 0.15) is 44.2 Å². The van der Waals surface area contributed by atoms with E-state index in [1.165, 1.54) is 12.1 Å². The number of carbonyl (C=O) groups excluding carboxylic acids is 1. The molecule has 1 atom stereocenters. The van der Waals surface area contributed by atoms with Crippen LogP contribution in [0, 0.1) is 5.82 Å². The molecule has 0 saturated carbocycles. The monoisotopic (exact) mass is 294 g/mol. The minimum Gasteiger partial charge on any atom is -0.481 e. The minimum absolute atomic E-state index is 0.0763. The van der Waals surface area contributed by atoms with E-state index in [-0.39, 0.29) is 24.3 Å². The predicted molar refractivity (Wildman–Crippen MR) is 79.5 cm³/mol. The van der Waals surface area contributed by atoms with Crippen molar-refractivity contribution in [2.45, 2.75) is 38.6 Å². The summed E-state index contributed by atoms with van der Waals surface area (Å²) in [5.74, 6) is -0.455. The molecule has 4 nitrogen and oxygen atoms in total. The van der Waals surface area contributed by atoms with Gasteiger partial charge in [0.15, 0.2) is 18.2 Å². The molecule has 1 fully saturated rings. The highest BCUT2D eigenvalue weighted by molar-refractivity contribution is 5.77. The summed E-state index contributed by atoms with van der Waals surface area (Å²) in [5, 5.41) is 0. The first-order chi connectivity index (χ1) is 10.1. The molecule has 0 aromatic heterocycles. The third kappa shape index (κ3) is 4.43. The fourth-order valence-corrected chi connectivity index (χ4v) is 2.47. The lowest BCUT2D eigenvalue weighted by Crippen LogP contribution is -2.35. The van der Waals surface area contributed by atoms with Gasteiger partial charge in [-0.2, -0.15) is 0 Å². The van der Waals surface area contributed by atoms with Crippen LogP contribution in [-0.4, -0.2) is 30.5 Å². The van der Waals surface area contributed by atoms with Crippen molar-refractivity contribution < 1.29 is 13.9 Å². The van der Waals surface area contributed by atoms with Crippen molar-refractivity contribution in [3.63, 3.8) is 0 Å². The van der Waals surface area contributed by atoms with Gasteiger partial charge in [0.2, 0.25) is 0 Å². The summed E-state index contributed by atoms with van der Waals surface area (Å²) in [7, 11) is 0. The Morgan fingerprint density at radius 1 is 1.33 bits per heavy atom. The van der Waals surface area contributed by atoms with Crippen molar-refractivity contribution in [3.05, 3.63) is 29.6 Å². The van der Waals surface area contributed by atoms with Gasteiger partial charge in [-0.05, 0) is 37.5 Å². The van der Waals surface area contributed by atoms with Gasteiger partial charge in [-0.1, -0.05) is 18.9 Å². The molecule has 116 valence electrons. The Morgan fingerprint density at radius 2 is 2.00 bits per heavy atom. The third-order valence-electron chi connectivity index (χ3n) is 3.79. The first-order valence-corrected chi connectivity index (χ1v) is 7.53. The summed E-state index contributed by atoms with van der Waals surface area (Å²) < 4.78 is 19.2. The van der Waals surface area contributed by atoms with Gasteiger partial charge >= 0.3 is 0 Å². The van der Waals surface area contributed by atoms with Crippen LogP contribution in [0.5, 0.6) is 5.75 Å². The molecule has 1 amide bonds. The van der Waals surface area contributed by atoms with Crippen LogP contribution in [0.3, 0.4) is 0 Å². The Balaban J connectivity index is 1.91. The van der Waals surface area contributed by atoms with Crippen LogP contribution in [-0.2, 0) is 4.79 Å². The van der Waals surface area contributed by atoms with Crippen molar-refractivity contribution in [2.24, 2.45) is 5.73 Å². The van der Waals surface area contributed by atoms with Crippen molar-refractivity contribution in [1.82, 2.24) is 4.90 Å². The van der Waals surface area contributed by atoms with Crippen molar-refractivity contribution in [2.75, 3.05) is 19.7 Å². The largest absolute Gasteiger partial charge is 0.481 e. The van der Waals surface area contributed by atoms with Crippen LogP contribution in [0.4, 0.5) is 4.39 Å². The molecule has 1 aliphatic rings. The van der Waals surface area contributed by atoms with Crippen molar-refractivity contribution in [3.8, 4) is 5.75 Å². The maximum absolute atomic E-state index is 13.9. The number of rotatable bonds is 4. The molecular formula is C16H23FN2O2. The van der Waals surface area contributed by atoms with E-state index in [4.69, 9.17) is 10.5 Å². The van der Waals surface area contributed by atoms with E-state index in [0.29, 0.717) is 5.56 Å². The van der Waals surface area contributed by atoms with E-state index in [1.54, 1.807) is 17.9 Å². The van der Waals surface area contributed by atoms with Crippen LogP contribution < -0.4 is 10.5 Å². The van der Waals surface area contributed by atoms with Crippen LogP contribution in [0.25, 0.3) is 0 Å². The number of hydrogen-bond donors (Lipinski definition) is 1. The van der Waals surface area contributed by atoms with Gasteiger partial charge < -0.3 is 15.4 Å². The number of ether oxygens (including phenoxy) is 1. The molecule has 0 unspecified atom stereocenters. The van der Waals surface area contributed by atoms with E-state index < -0.39 is 5.82 Å². The first kappa shape index (κ1) is 15.8. The van der Waals surface area contributed by atoms with Gasteiger partial charge in [0.05, 0.1) is 0 Å². The number of likely N-dealkylation sites (tertiary alicyclic amines) is 1. The molecule has 21 heavy (non-hydrogen) atoms. The van der Waals surface area contributed by atoms with Gasteiger partial charge in [0, 0.05) is 19.1 Å². The molecule has 2 rings (SSSR count). The van der Waals surface area contributed by atoms with E-state index >= 15 is 0 Å². The molecule has 0 aliphatic carbocycles. The number of hydrogen-bond acceptors (Lipinski definition) is 3. The summed E-state index contributed by atoms with van der Waals surface area (Å²) in [6, 6.07) is 4.38. The van der Waals surface area contributed by atoms with Crippen LogP contribution in [0.15, 0.2) is 18.2 Å². The molecule has 0 bridgehead atoms. The van der Waals surface area contributed by atoms with Gasteiger partial charge in [-0.25, -0.2) is 4.39 Å². The molecule has 1 heterocycles. The van der Waals surface area contributed by atoms with Gasteiger partial charge in [-0.3, -0.25) is 4.79 Å². The maximum atomic E-state index is 13.9. The molecular weight excluding hydrogens is 271 g/mol. The molecule has 1 saturated heterocycles. The summed E-state index contributed by atoms with van der Waals surface area (Å²) in [4.78, 5) is 13.9. The Morgan fingerprint density at radius 3 is 2.57 bits per heavy atom. The Hall–Kier alpha value is -1.62. The van der Waals surface area contributed by atoms with E-state index in [2.05, 4.69) is 0 Å². The standard InChI is InChI=1S/C16H23FN2O2/c1-12(18)13-6-7-15(14(17)10-13)21-11-16(20)19-8-4-2-3-5-9-19/h6-7,10,12H,2-5,8-9,11,18H2,1H3/t12-/m0/s1. The zero-order valence-corrected chi connectivity index (χ0v) is 12.5. The second-order valence-corrected chi connectivity index (χ2v) is 5.56. The Bertz CT molecular complexity index is 483. The lowest BCUT2D eigenvalue weighted by Gasteiger charge is -2.20. The SMILES string of the molecule is C[C@H](N)c1ccc(OCC(=O)N2CCCCCC2)c(F)c1. The number of nitrogens with zero attached hydrogens (tertiary/aromatic N) is 1. The zero-order valence-electron chi connectivity index (χ0n) is 12.5. The molecule has 1 aromatic rings. The summed E-state index contributed by atoms with van der Waals surface area (Å²) in [5.41, 5.74) is 6.41. The van der Waals surface area contributed by atoms with Gasteiger partial charge in [0.25, 0.3) is 5.91 Å². The summed E-state index contributed by atoms with van der Waals surface area (Å²) in [6.45, 7) is 3.22. The first-order valence-electron chi connectivity index (χ1n) is 7.53. The normalized spacial score (nSPS) is 17.2. The zero-order chi connectivity index (χ0) is 15.2. The lowest BCUT2D eigenvalue weighted by molar-refractivity contribution is -0.133. The van der Waals surface area contributed by atoms with E-state index in [0.717, 1.165) is 38.8 Å². The van der Waals surface area contributed by atoms with Gasteiger partial charge in [0.1, 0.15) is 0 Å². The van der Waals surface area contributed by atoms with Crippen LogP contribution >= 0.6 is 0 Å². The van der Waals surface area contributed by atoms with E-state index in [9.17, 15) is 9.18 Å². The van der Waals surface area contributed by atoms with Gasteiger partial charge in [-0.15, -0.1) is 0 Å². The number of halogens is 1. The fraction of sp³-hybridized carbons (Fsp3) is 0.562. The van der Waals surface area contributed by atoms with Crippen molar-refractivity contribution >= 4 is 5.91 Å². The highest BCUT2D eigenvalue weighted by Crippen LogP contribution is 2.21. The number of nitrogens with two attached hydrogens (primary N) is 1. The lowest BCUT2D eigenvalue weighted by atomic mass is 10.1. The molecule has 0 radical (unpaired) electrons. The third-order valence-corrected chi connectivity index (χ3v) is 3.79. The average molecular weight is 294 g/mol. The second kappa shape index (κ2) is 7.41. The highest BCUT2D eigenvalue weighted by atomic mass is 19.1. The van der Waals surface area contributed by atoms with Crippen molar-refractivity contribution in [1.29, 1.82) is 0 Å². The second-order valence-electron chi connectivity index (χ2n) is 5.56. The fourth-order valence-electron chi connectivity index (χ4n) is 2.47. The molecule has 0 spiro atoms. The quantitative estimate of drug-likeness (QED) is 0.928. The molecule has 1 aromatic carbocycles. The predicted octanol–water partition coefficient (Wildman–Crippen LogP) is 2.63. The topological polar surface area (TPSA) is 55.6 Å². The maximum Gasteiger partial charge on any atom is 0.260 e. The van der Waals surface area contributed by atoms with E-state index in [1.807, 2.05) is 0 Å².